The number of carbonyl (C=O) groups excluding carboxylic acids is 1. The topological polar surface area (TPSA) is 93.8 Å². The van der Waals surface area contributed by atoms with Crippen LogP contribution >= 0.6 is 0 Å². The molecule has 2 aromatic rings. The highest BCUT2D eigenvalue weighted by atomic mass is 16.1. The van der Waals surface area contributed by atoms with E-state index in [1.54, 1.807) is 0 Å². The third-order valence-corrected chi connectivity index (χ3v) is 2.36. The minimum atomic E-state index is -0.177. The number of benzene rings is 1. The quantitative estimate of drug-likeness (QED) is 0.816. The Balaban J connectivity index is 1.94. The van der Waals surface area contributed by atoms with Crippen molar-refractivity contribution in [3.8, 4) is 0 Å². The zero-order valence-electron chi connectivity index (χ0n) is 9.71. The summed E-state index contributed by atoms with van der Waals surface area (Å²) < 4.78 is 0. The van der Waals surface area contributed by atoms with Gasteiger partial charge in [0.1, 0.15) is 0 Å². The number of aromatic nitrogens is 3. The molecule has 6 nitrogen and oxygen atoms in total. The summed E-state index contributed by atoms with van der Waals surface area (Å²) in [7, 11) is 0. The first-order valence-electron chi connectivity index (χ1n) is 5.49. The first kappa shape index (κ1) is 12.1. The van der Waals surface area contributed by atoms with Crippen molar-refractivity contribution in [1.82, 2.24) is 15.2 Å². The summed E-state index contributed by atoms with van der Waals surface area (Å²) in [6.07, 6.45) is 3.18. The van der Waals surface area contributed by atoms with E-state index in [2.05, 4.69) is 20.5 Å². The molecule has 0 unspecified atom stereocenters. The van der Waals surface area contributed by atoms with Crippen molar-refractivity contribution in [2.24, 2.45) is 5.73 Å². The Hall–Kier alpha value is -2.34. The predicted molar refractivity (Wildman–Crippen MR) is 66.5 cm³/mol. The largest absolute Gasteiger partial charge is 0.326 e. The van der Waals surface area contributed by atoms with Gasteiger partial charge in [0.15, 0.2) is 0 Å². The molecule has 1 heterocycles. The van der Waals surface area contributed by atoms with Crippen LogP contribution in [0.15, 0.2) is 36.7 Å². The Morgan fingerprint density at radius 3 is 2.50 bits per heavy atom. The smallest absolute Gasteiger partial charge is 0.249 e. The van der Waals surface area contributed by atoms with Crippen LogP contribution in [0.5, 0.6) is 0 Å². The number of hydrogen-bond donors (Lipinski definition) is 2. The first-order valence-corrected chi connectivity index (χ1v) is 5.49. The number of nitrogens with zero attached hydrogens (tertiary/aromatic N) is 3. The van der Waals surface area contributed by atoms with Crippen LogP contribution in [0.1, 0.15) is 11.1 Å². The average Bonchev–Trinajstić information content (AvgIpc) is 2.40. The van der Waals surface area contributed by atoms with Crippen LogP contribution in [-0.4, -0.2) is 21.1 Å². The summed E-state index contributed by atoms with van der Waals surface area (Å²) >= 11 is 0. The Kier molecular flexibility index (Phi) is 3.93. The molecule has 0 aliphatic rings. The molecule has 0 spiro atoms. The molecule has 0 atom stereocenters. The van der Waals surface area contributed by atoms with Gasteiger partial charge in [0.2, 0.25) is 11.9 Å². The normalized spacial score (nSPS) is 10.1. The van der Waals surface area contributed by atoms with Crippen molar-refractivity contribution >= 4 is 11.9 Å². The molecule has 1 aromatic heterocycles. The number of carbonyl (C=O) groups is 1. The SMILES string of the molecule is NCc1ccc(CC(=O)Nc2nccnn2)cc1. The molecule has 0 bridgehead atoms. The summed E-state index contributed by atoms with van der Waals surface area (Å²) in [4.78, 5) is 15.6. The van der Waals surface area contributed by atoms with Gasteiger partial charge < -0.3 is 5.73 Å². The van der Waals surface area contributed by atoms with Crippen LogP contribution in [0.4, 0.5) is 5.95 Å². The second-order valence-corrected chi connectivity index (χ2v) is 3.71. The van der Waals surface area contributed by atoms with Crippen molar-refractivity contribution in [3.63, 3.8) is 0 Å². The lowest BCUT2D eigenvalue weighted by molar-refractivity contribution is -0.115. The van der Waals surface area contributed by atoms with Crippen molar-refractivity contribution in [1.29, 1.82) is 0 Å². The van der Waals surface area contributed by atoms with Gasteiger partial charge in [-0.15, -0.1) is 5.10 Å². The van der Waals surface area contributed by atoms with Crippen molar-refractivity contribution in [2.75, 3.05) is 5.32 Å². The van der Waals surface area contributed by atoms with E-state index < -0.39 is 0 Å². The molecule has 0 saturated heterocycles. The van der Waals surface area contributed by atoms with Crippen molar-refractivity contribution in [3.05, 3.63) is 47.8 Å². The van der Waals surface area contributed by atoms with Crippen molar-refractivity contribution in [2.45, 2.75) is 13.0 Å². The summed E-state index contributed by atoms with van der Waals surface area (Å²) in [6, 6.07) is 7.57. The van der Waals surface area contributed by atoms with E-state index in [1.165, 1.54) is 12.4 Å². The van der Waals surface area contributed by atoms with E-state index in [4.69, 9.17) is 5.73 Å². The van der Waals surface area contributed by atoms with Gasteiger partial charge in [0.05, 0.1) is 18.8 Å². The third kappa shape index (κ3) is 3.33. The molecular weight excluding hydrogens is 230 g/mol. The summed E-state index contributed by atoms with van der Waals surface area (Å²) in [5.41, 5.74) is 7.45. The summed E-state index contributed by atoms with van der Waals surface area (Å²) in [6.45, 7) is 0.496. The molecule has 1 amide bonds. The van der Waals surface area contributed by atoms with Gasteiger partial charge in [0, 0.05) is 6.54 Å². The van der Waals surface area contributed by atoms with Crippen LogP contribution in [0.25, 0.3) is 0 Å². The van der Waals surface area contributed by atoms with Gasteiger partial charge in [-0.2, -0.15) is 5.10 Å². The van der Waals surface area contributed by atoms with Gasteiger partial charge in [0.25, 0.3) is 0 Å². The lowest BCUT2D eigenvalue weighted by Gasteiger charge is -2.03. The van der Waals surface area contributed by atoms with Gasteiger partial charge in [-0.05, 0) is 11.1 Å². The van der Waals surface area contributed by atoms with Crippen LogP contribution in [0, 0.1) is 0 Å². The third-order valence-electron chi connectivity index (χ3n) is 2.36. The minimum Gasteiger partial charge on any atom is -0.326 e. The Bertz CT molecular complexity index is 512. The molecule has 92 valence electrons. The lowest BCUT2D eigenvalue weighted by Crippen LogP contribution is -2.16. The molecule has 0 saturated carbocycles. The Labute approximate surface area is 104 Å². The standard InChI is InChI=1S/C12H13N5O/c13-8-10-3-1-9(2-4-10)7-11(18)16-12-14-5-6-15-17-12/h1-6H,7-8,13H2,(H,14,16,17,18). The molecule has 0 aliphatic carbocycles. The predicted octanol–water partition coefficient (Wildman–Crippen LogP) is 0.511. The molecular formula is C12H13N5O. The second kappa shape index (κ2) is 5.83. The monoisotopic (exact) mass is 243 g/mol. The van der Waals surface area contributed by atoms with E-state index >= 15 is 0 Å². The molecule has 2 rings (SSSR count). The van der Waals surface area contributed by atoms with Crippen LogP contribution < -0.4 is 11.1 Å². The highest BCUT2D eigenvalue weighted by Gasteiger charge is 2.05. The maximum absolute atomic E-state index is 11.7. The van der Waals surface area contributed by atoms with E-state index in [0.717, 1.165) is 11.1 Å². The second-order valence-electron chi connectivity index (χ2n) is 3.71. The zero-order valence-corrected chi connectivity index (χ0v) is 9.71. The number of amides is 1. The summed E-state index contributed by atoms with van der Waals surface area (Å²) in [5, 5.41) is 9.88. The number of nitrogens with two attached hydrogens (primary N) is 1. The number of hydrogen-bond acceptors (Lipinski definition) is 5. The summed E-state index contributed by atoms with van der Waals surface area (Å²) in [5.74, 6) is 0.0320. The number of anilines is 1. The van der Waals surface area contributed by atoms with Crippen LogP contribution in [-0.2, 0) is 17.8 Å². The Morgan fingerprint density at radius 1 is 1.17 bits per heavy atom. The highest BCUT2D eigenvalue weighted by molar-refractivity contribution is 5.90. The average molecular weight is 243 g/mol. The van der Waals surface area contributed by atoms with Crippen LogP contribution in [0.2, 0.25) is 0 Å². The molecule has 3 N–H and O–H groups in total. The molecule has 1 aromatic carbocycles. The fourth-order valence-corrected chi connectivity index (χ4v) is 1.45. The maximum Gasteiger partial charge on any atom is 0.249 e. The van der Waals surface area contributed by atoms with E-state index in [1.807, 2.05) is 24.3 Å². The molecule has 0 radical (unpaired) electrons. The van der Waals surface area contributed by atoms with Gasteiger partial charge >= 0.3 is 0 Å². The number of rotatable bonds is 4. The highest BCUT2D eigenvalue weighted by Crippen LogP contribution is 2.05. The molecule has 0 aliphatic heterocycles. The van der Waals surface area contributed by atoms with Crippen LogP contribution in [0.3, 0.4) is 0 Å². The van der Waals surface area contributed by atoms with Gasteiger partial charge in [-0.1, -0.05) is 24.3 Å². The minimum absolute atomic E-state index is 0.177. The maximum atomic E-state index is 11.7. The first-order chi connectivity index (χ1) is 8.78. The Morgan fingerprint density at radius 2 is 1.89 bits per heavy atom. The fourth-order valence-electron chi connectivity index (χ4n) is 1.45. The van der Waals surface area contributed by atoms with E-state index in [-0.39, 0.29) is 18.3 Å². The van der Waals surface area contributed by atoms with Gasteiger partial charge in [-0.25, -0.2) is 4.98 Å². The lowest BCUT2D eigenvalue weighted by atomic mass is 10.1. The van der Waals surface area contributed by atoms with E-state index in [9.17, 15) is 4.79 Å². The van der Waals surface area contributed by atoms with Crippen molar-refractivity contribution < 1.29 is 4.79 Å². The van der Waals surface area contributed by atoms with E-state index in [0.29, 0.717) is 6.54 Å². The fraction of sp³-hybridized carbons (Fsp3) is 0.167. The number of nitrogens with one attached hydrogen (secondary N) is 1. The molecule has 6 heteroatoms. The molecule has 18 heavy (non-hydrogen) atoms. The molecule has 0 fully saturated rings. The van der Waals surface area contributed by atoms with Gasteiger partial charge in [-0.3, -0.25) is 10.1 Å². The zero-order chi connectivity index (χ0) is 12.8.